The van der Waals surface area contributed by atoms with E-state index in [9.17, 15) is 4.79 Å². The number of hydrogen-bond acceptors (Lipinski definition) is 3. The highest BCUT2D eigenvalue weighted by atomic mass is 16.5. The fourth-order valence-electron chi connectivity index (χ4n) is 1.28. The molecule has 0 unspecified atom stereocenters. The van der Waals surface area contributed by atoms with Crippen LogP contribution in [0.3, 0.4) is 0 Å². The van der Waals surface area contributed by atoms with Gasteiger partial charge in [-0.15, -0.1) is 0 Å². The second-order valence-electron chi connectivity index (χ2n) is 3.28. The first-order valence-electron chi connectivity index (χ1n) is 4.96. The molecule has 0 saturated carbocycles. The van der Waals surface area contributed by atoms with Gasteiger partial charge >= 0.3 is 5.97 Å². The fraction of sp³-hybridized carbons (Fsp3) is 0.250. The van der Waals surface area contributed by atoms with Crippen molar-refractivity contribution in [2.45, 2.75) is 6.42 Å². The van der Waals surface area contributed by atoms with Crippen LogP contribution in [0.15, 0.2) is 24.3 Å². The summed E-state index contributed by atoms with van der Waals surface area (Å²) < 4.78 is 5.03. The van der Waals surface area contributed by atoms with Crippen molar-refractivity contribution in [2.75, 3.05) is 13.7 Å². The first kappa shape index (κ1) is 12.3. The molecule has 0 saturated heterocycles. The number of carbonyl (C=O) groups is 1. The second-order valence-corrected chi connectivity index (χ2v) is 3.28. The van der Waals surface area contributed by atoms with Gasteiger partial charge in [-0.05, 0) is 36.7 Å². The van der Waals surface area contributed by atoms with Crippen molar-refractivity contribution in [3.05, 3.63) is 35.4 Å². The van der Waals surface area contributed by atoms with Gasteiger partial charge in [0, 0.05) is 0 Å². The zero-order valence-electron chi connectivity index (χ0n) is 9.14. The average molecular weight is 221 g/mol. The second kappa shape index (κ2) is 5.92. The summed E-state index contributed by atoms with van der Waals surface area (Å²) in [6.07, 6.45) is 4.50. The molecule has 4 nitrogen and oxygen atoms in total. The number of ether oxygens (including phenoxy) is 1. The zero-order valence-corrected chi connectivity index (χ0v) is 9.14. The Morgan fingerprint density at radius 1 is 1.50 bits per heavy atom. The quantitative estimate of drug-likeness (QED) is 0.794. The summed E-state index contributed by atoms with van der Waals surface area (Å²) in [4.78, 5) is 10.9. The third kappa shape index (κ3) is 3.40. The van der Waals surface area contributed by atoms with Crippen LogP contribution in [-0.2, 0) is 0 Å². The summed E-state index contributed by atoms with van der Waals surface area (Å²) in [6.45, 7) is 0.576. The molecule has 0 heterocycles. The third-order valence-corrected chi connectivity index (χ3v) is 2.06. The molecule has 1 aromatic carbocycles. The smallest absolute Gasteiger partial charge is 0.335 e. The molecule has 1 aromatic rings. The van der Waals surface area contributed by atoms with Gasteiger partial charge in [0.05, 0.1) is 12.7 Å². The van der Waals surface area contributed by atoms with E-state index in [0.29, 0.717) is 12.3 Å². The average Bonchev–Trinajstić information content (AvgIpc) is 2.29. The topological polar surface area (TPSA) is 72.5 Å². The maximum Gasteiger partial charge on any atom is 0.335 e. The van der Waals surface area contributed by atoms with Crippen LogP contribution in [0.2, 0.25) is 0 Å². The lowest BCUT2D eigenvalue weighted by Gasteiger charge is -2.03. The largest absolute Gasteiger partial charge is 0.497 e. The van der Waals surface area contributed by atoms with Crippen LogP contribution in [0.5, 0.6) is 5.75 Å². The van der Waals surface area contributed by atoms with Gasteiger partial charge in [0.2, 0.25) is 0 Å². The van der Waals surface area contributed by atoms with E-state index in [1.807, 2.05) is 12.2 Å². The minimum absolute atomic E-state index is 0.215. The molecule has 0 amide bonds. The van der Waals surface area contributed by atoms with Gasteiger partial charge in [-0.25, -0.2) is 4.79 Å². The van der Waals surface area contributed by atoms with Gasteiger partial charge in [0.1, 0.15) is 5.75 Å². The zero-order chi connectivity index (χ0) is 12.0. The summed E-state index contributed by atoms with van der Waals surface area (Å²) >= 11 is 0. The fourth-order valence-corrected chi connectivity index (χ4v) is 1.28. The first-order chi connectivity index (χ1) is 7.67. The number of carboxylic acid groups (broad SMARTS) is 1. The molecule has 0 spiro atoms. The van der Waals surface area contributed by atoms with Crippen LogP contribution in [0.4, 0.5) is 0 Å². The molecule has 0 aliphatic carbocycles. The first-order valence-corrected chi connectivity index (χ1v) is 4.96. The maximum atomic E-state index is 10.9. The van der Waals surface area contributed by atoms with Gasteiger partial charge in [-0.1, -0.05) is 12.2 Å². The highest BCUT2D eigenvalue weighted by molar-refractivity contribution is 5.89. The Labute approximate surface area is 94.3 Å². The van der Waals surface area contributed by atoms with E-state index < -0.39 is 5.97 Å². The molecule has 0 aliphatic heterocycles. The van der Waals surface area contributed by atoms with E-state index in [2.05, 4.69) is 0 Å². The van der Waals surface area contributed by atoms with Crippen LogP contribution < -0.4 is 10.5 Å². The van der Waals surface area contributed by atoms with E-state index >= 15 is 0 Å². The minimum Gasteiger partial charge on any atom is -0.497 e. The Morgan fingerprint density at radius 3 is 2.81 bits per heavy atom. The predicted octanol–water partition coefficient (Wildman–Crippen LogP) is 1.76. The summed E-state index contributed by atoms with van der Waals surface area (Å²) in [6, 6.07) is 4.86. The number of benzene rings is 1. The Morgan fingerprint density at radius 2 is 2.25 bits per heavy atom. The highest BCUT2D eigenvalue weighted by Crippen LogP contribution is 2.18. The third-order valence-electron chi connectivity index (χ3n) is 2.06. The lowest BCUT2D eigenvalue weighted by Crippen LogP contribution is -1.98. The van der Waals surface area contributed by atoms with Gasteiger partial charge in [0.25, 0.3) is 0 Å². The normalized spacial score (nSPS) is 10.6. The molecule has 16 heavy (non-hydrogen) atoms. The highest BCUT2D eigenvalue weighted by Gasteiger charge is 2.05. The van der Waals surface area contributed by atoms with Crippen LogP contribution in [0.1, 0.15) is 22.3 Å². The van der Waals surface area contributed by atoms with Crippen molar-refractivity contribution >= 4 is 12.0 Å². The summed E-state index contributed by atoms with van der Waals surface area (Å²) in [5, 5.41) is 8.90. The molecular formula is C12H15NO3. The van der Waals surface area contributed by atoms with E-state index in [-0.39, 0.29) is 5.56 Å². The molecule has 86 valence electrons. The summed E-state index contributed by atoms with van der Waals surface area (Å²) in [5.41, 5.74) is 6.37. The molecule has 1 rings (SSSR count). The van der Waals surface area contributed by atoms with Gasteiger partial charge in [-0.2, -0.15) is 0 Å². The molecule has 0 aliphatic rings. The van der Waals surface area contributed by atoms with Crippen LogP contribution in [-0.4, -0.2) is 24.7 Å². The number of methoxy groups -OCH3 is 1. The lowest BCUT2D eigenvalue weighted by atomic mass is 10.1. The van der Waals surface area contributed by atoms with Gasteiger partial charge in [0.15, 0.2) is 0 Å². The number of rotatable bonds is 5. The number of nitrogens with two attached hydrogens (primary N) is 1. The molecule has 0 atom stereocenters. The molecule has 4 heteroatoms. The molecule has 0 bridgehead atoms. The van der Waals surface area contributed by atoms with Crippen molar-refractivity contribution < 1.29 is 14.6 Å². The van der Waals surface area contributed by atoms with Crippen molar-refractivity contribution in [3.8, 4) is 5.75 Å². The molecular weight excluding hydrogens is 206 g/mol. The predicted molar refractivity (Wildman–Crippen MR) is 62.7 cm³/mol. The molecule has 0 radical (unpaired) electrons. The van der Waals surface area contributed by atoms with E-state index in [1.165, 1.54) is 13.2 Å². The standard InChI is InChI=1S/C12H15NO3/c1-16-11-7-9(4-2-3-5-13)6-10(8-11)12(14)15/h2,4,6-8H,3,5,13H2,1H3,(H,14,15). The number of aromatic carboxylic acids is 1. The van der Waals surface area contributed by atoms with Gasteiger partial charge in [-0.3, -0.25) is 0 Å². The molecule has 0 fully saturated rings. The summed E-state index contributed by atoms with van der Waals surface area (Å²) in [7, 11) is 1.51. The minimum atomic E-state index is -0.965. The monoisotopic (exact) mass is 221 g/mol. The van der Waals surface area contributed by atoms with E-state index in [0.717, 1.165) is 12.0 Å². The van der Waals surface area contributed by atoms with Crippen LogP contribution in [0, 0.1) is 0 Å². The van der Waals surface area contributed by atoms with Crippen molar-refractivity contribution in [3.63, 3.8) is 0 Å². The Kier molecular flexibility index (Phi) is 4.54. The number of hydrogen-bond donors (Lipinski definition) is 2. The van der Waals surface area contributed by atoms with Crippen LogP contribution in [0.25, 0.3) is 6.08 Å². The van der Waals surface area contributed by atoms with E-state index in [1.54, 1.807) is 12.1 Å². The lowest BCUT2D eigenvalue weighted by molar-refractivity contribution is 0.0696. The molecule has 3 N–H and O–H groups in total. The summed E-state index contributed by atoms with van der Waals surface area (Å²) in [5.74, 6) is -0.431. The molecule has 0 aromatic heterocycles. The maximum absolute atomic E-state index is 10.9. The Hall–Kier alpha value is -1.81. The van der Waals surface area contributed by atoms with Crippen molar-refractivity contribution in [1.82, 2.24) is 0 Å². The number of carboxylic acids is 1. The van der Waals surface area contributed by atoms with Crippen LogP contribution >= 0.6 is 0 Å². The van der Waals surface area contributed by atoms with Crippen molar-refractivity contribution in [2.24, 2.45) is 5.73 Å². The Balaban J connectivity index is 2.99. The van der Waals surface area contributed by atoms with Crippen molar-refractivity contribution in [1.29, 1.82) is 0 Å². The van der Waals surface area contributed by atoms with Gasteiger partial charge < -0.3 is 15.6 Å². The van der Waals surface area contributed by atoms with E-state index in [4.69, 9.17) is 15.6 Å². The SMILES string of the molecule is COc1cc(C=CCCN)cc(C(=O)O)c1. The Bertz CT molecular complexity index is 399.